The summed E-state index contributed by atoms with van der Waals surface area (Å²) in [7, 11) is 0. The number of rotatable bonds is 8. The first kappa shape index (κ1) is 22.2. The predicted octanol–water partition coefficient (Wildman–Crippen LogP) is 4.03. The molecule has 6 atom stereocenters. The molecule has 7 fully saturated rings. The summed E-state index contributed by atoms with van der Waals surface area (Å²) in [5.41, 5.74) is 1.62. The Hall–Kier alpha value is -2.30. The van der Waals surface area contributed by atoms with Gasteiger partial charge in [-0.05, 0) is 48.9 Å². The molecule has 4 aliphatic heterocycles. The van der Waals surface area contributed by atoms with Gasteiger partial charge >= 0.3 is 0 Å². The lowest BCUT2D eigenvalue weighted by atomic mass is 9.34. The molecule has 9 rings (SSSR count). The van der Waals surface area contributed by atoms with Crippen LogP contribution in [0.2, 0.25) is 0 Å². The summed E-state index contributed by atoms with van der Waals surface area (Å²) >= 11 is 0. The first-order valence-electron chi connectivity index (χ1n) is 13.2. The molecule has 4 saturated heterocycles. The third kappa shape index (κ3) is 2.91. The van der Waals surface area contributed by atoms with Gasteiger partial charge in [-0.1, -0.05) is 74.5 Å². The number of carbonyl (C=O) groups is 2. The molecule has 4 nitrogen and oxygen atoms in total. The van der Waals surface area contributed by atoms with E-state index in [1.165, 1.54) is 0 Å². The Morgan fingerprint density at radius 1 is 0.706 bits per heavy atom. The van der Waals surface area contributed by atoms with Gasteiger partial charge in [-0.15, -0.1) is 0 Å². The molecule has 2 aromatic rings. The fourth-order valence-corrected chi connectivity index (χ4v) is 8.64. The number of hydrogen-bond acceptors (Lipinski definition) is 4. The van der Waals surface area contributed by atoms with Crippen molar-refractivity contribution < 1.29 is 9.59 Å². The average Bonchev–Trinajstić information content (AvgIpc) is 2.89. The van der Waals surface area contributed by atoms with Gasteiger partial charge in [-0.3, -0.25) is 19.4 Å². The minimum absolute atomic E-state index is 0.193. The van der Waals surface area contributed by atoms with Crippen LogP contribution in [0.3, 0.4) is 0 Å². The predicted molar refractivity (Wildman–Crippen MR) is 133 cm³/mol. The Labute approximate surface area is 203 Å². The normalized spacial score (nSPS) is 36.2. The van der Waals surface area contributed by atoms with E-state index in [0.717, 1.165) is 50.1 Å². The highest BCUT2D eigenvalue weighted by Gasteiger charge is 2.78. The van der Waals surface area contributed by atoms with Crippen molar-refractivity contribution in [1.29, 1.82) is 0 Å². The van der Waals surface area contributed by atoms with E-state index in [1.54, 1.807) is 0 Å². The molecule has 0 aromatic heterocycles. The van der Waals surface area contributed by atoms with Gasteiger partial charge in [-0.25, -0.2) is 0 Å². The Kier molecular flexibility index (Phi) is 5.31. The van der Waals surface area contributed by atoms with Crippen LogP contribution in [0.1, 0.15) is 37.8 Å². The highest BCUT2D eigenvalue weighted by Crippen LogP contribution is 2.71. The number of fused-ring (bicyclic) bond motifs is 2. The van der Waals surface area contributed by atoms with Crippen molar-refractivity contribution in [3.05, 3.63) is 71.8 Å². The summed E-state index contributed by atoms with van der Waals surface area (Å²) in [5.74, 6) is 1.41. The largest absolute Gasteiger partial charge is 0.299 e. The SMILES string of the molecule is CCN1CC2C3CN(CC)C4CC3(C(=O)Cc3ccccc3)C1CC24C(=O)Cc1ccccc1. The van der Waals surface area contributed by atoms with Crippen molar-refractivity contribution in [2.75, 3.05) is 26.2 Å². The van der Waals surface area contributed by atoms with Gasteiger partial charge < -0.3 is 0 Å². The Bertz CT molecular complexity index is 998. The van der Waals surface area contributed by atoms with Crippen LogP contribution in [0.25, 0.3) is 0 Å². The van der Waals surface area contributed by atoms with E-state index < -0.39 is 0 Å². The van der Waals surface area contributed by atoms with Crippen molar-refractivity contribution in [2.24, 2.45) is 22.7 Å². The van der Waals surface area contributed by atoms with Crippen molar-refractivity contribution in [3.63, 3.8) is 0 Å². The van der Waals surface area contributed by atoms with Gasteiger partial charge in [0.25, 0.3) is 0 Å². The van der Waals surface area contributed by atoms with Crippen molar-refractivity contribution in [3.8, 4) is 0 Å². The molecule has 6 unspecified atom stereocenters. The molecular weight excluding hydrogens is 420 g/mol. The van der Waals surface area contributed by atoms with Gasteiger partial charge in [0.15, 0.2) is 0 Å². The summed E-state index contributed by atoms with van der Waals surface area (Å²) in [5, 5.41) is 0. The number of Topliss-reactive ketones (excluding diaryl/α,β-unsaturated/α-hetero) is 2. The maximum absolute atomic E-state index is 14.2. The summed E-state index contributed by atoms with van der Waals surface area (Å²) in [6, 6.07) is 20.9. The number of nitrogens with zero attached hydrogens (tertiary/aromatic N) is 2. The Balaban J connectivity index is 1.40. The summed E-state index contributed by atoms with van der Waals surface area (Å²) in [6.45, 7) is 8.30. The van der Waals surface area contributed by atoms with Crippen LogP contribution in [0, 0.1) is 22.7 Å². The highest BCUT2D eigenvalue weighted by atomic mass is 16.1. The molecule has 6 bridgehead atoms. The molecule has 4 heteroatoms. The third-order valence-electron chi connectivity index (χ3n) is 10.1. The van der Waals surface area contributed by atoms with Crippen LogP contribution in [0.5, 0.6) is 0 Å². The quantitative estimate of drug-likeness (QED) is 0.601. The molecule has 178 valence electrons. The van der Waals surface area contributed by atoms with Crippen LogP contribution >= 0.6 is 0 Å². The molecule has 3 aliphatic carbocycles. The average molecular weight is 457 g/mol. The number of hydrogen-bond donors (Lipinski definition) is 0. The second-order valence-corrected chi connectivity index (χ2v) is 11.1. The van der Waals surface area contributed by atoms with E-state index in [1.807, 2.05) is 36.4 Å². The van der Waals surface area contributed by atoms with Crippen molar-refractivity contribution >= 4 is 11.6 Å². The molecule has 2 aromatic carbocycles. The summed E-state index contributed by atoms with van der Waals surface area (Å²) in [6.07, 6.45) is 2.74. The van der Waals surface area contributed by atoms with Crippen LogP contribution < -0.4 is 0 Å². The molecule has 0 radical (unpaired) electrons. The zero-order chi connectivity index (χ0) is 23.5. The van der Waals surface area contributed by atoms with Gasteiger partial charge in [0.1, 0.15) is 11.6 Å². The van der Waals surface area contributed by atoms with Crippen molar-refractivity contribution in [2.45, 2.75) is 51.6 Å². The van der Waals surface area contributed by atoms with Gasteiger partial charge in [-0.2, -0.15) is 0 Å². The second kappa shape index (κ2) is 8.13. The molecule has 34 heavy (non-hydrogen) atoms. The van der Waals surface area contributed by atoms with Gasteiger partial charge in [0.2, 0.25) is 0 Å². The minimum atomic E-state index is -0.306. The van der Waals surface area contributed by atoms with E-state index in [-0.39, 0.29) is 34.7 Å². The topological polar surface area (TPSA) is 40.6 Å². The summed E-state index contributed by atoms with van der Waals surface area (Å²) in [4.78, 5) is 33.5. The first-order valence-corrected chi connectivity index (χ1v) is 13.2. The molecule has 4 heterocycles. The highest BCUT2D eigenvalue weighted by molar-refractivity contribution is 5.94. The van der Waals surface area contributed by atoms with E-state index >= 15 is 0 Å². The van der Waals surface area contributed by atoms with E-state index in [4.69, 9.17) is 0 Å². The van der Waals surface area contributed by atoms with E-state index in [9.17, 15) is 9.59 Å². The minimum Gasteiger partial charge on any atom is -0.299 e. The Morgan fingerprint density at radius 2 is 1.09 bits per heavy atom. The zero-order valence-corrected chi connectivity index (χ0v) is 20.5. The van der Waals surface area contributed by atoms with Crippen LogP contribution in [0.4, 0.5) is 0 Å². The summed E-state index contributed by atoms with van der Waals surface area (Å²) < 4.78 is 0. The van der Waals surface area contributed by atoms with E-state index in [0.29, 0.717) is 24.4 Å². The molecule has 0 spiro atoms. The fourth-order valence-electron chi connectivity index (χ4n) is 8.64. The van der Waals surface area contributed by atoms with Gasteiger partial charge in [0, 0.05) is 38.0 Å². The molecule has 3 saturated carbocycles. The zero-order valence-electron chi connectivity index (χ0n) is 20.5. The molecule has 7 aliphatic rings. The maximum atomic E-state index is 14.2. The fraction of sp³-hybridized carbons (Fsp3) is 0.533. The van der Waals surface area contributed by atoms with Gasteiger partial charge in [0.05, 0.1) is 10.8 Å². The number of piperidine rings is 4. The lowest BCUT2D eigenvalue weighted by Gasteiger charge is -2.77. The third-order valence-corrected chi connectivity index (χ3v) is 10.1. The standard InChI is InChI=1S/C30H36N2O2/c1-3-31-19-23-24-20-32(4-2)26-18-29(24,27(33)15-21-11-7-5-8-12-21)25(31)17-30(23,26)28(34)16-22-13-9-6-10-14-22/h5-14,23-26H,3-4,15-20H2,1-2H3. The second-order valence-electron chi connectivity index (χ2n) is 11.1. The van der Waals surface area contributed by atoms with Crippen LogP contribution in [0.15, 0.2) is 60.7 Å². The number of benzene rings is 2. The molecule has 0 amide bonds. The lowest BCUT2D eigenvalue weighted by Crippen LogP contribution is -2.85. The monoisotopic (exact) mass is 456 g/mol. The number of ketones is 2. The maximum Gasteiger partial charge on any atom is 0.145 e. The lowest BCUT2D eigenvalue weighted by molar-refractivity contribution is -0.274. The van der Waals surface area contributed by atoms with Crippen LogP contribution in [-0.4, -0.2) is 59.6 Å². The van der Waals surface area contributed by atoms with Crippen LogP contribution in [-0.2, 0) is 22.4 Å². The molecule has 0 N–H and O–H groups in total. The number of carbonyl (C=O) groups excluding carboxylic acids is 2. The Morgan fingerprint density at radius 3 is 1.44 bits per heavy atom. The van der Waals surface area contributed by atoms with Crippen molar-refractivity contribution in [1.82, 2.24) is 9.80 Å². The molecular formula is C30H36N2O2. The first-order chi connectivity index (χ1) is 16.5. The smallest absolute Gasteiger partial charge is 0.145 e. The van der Waals surface area contributed by atoms with E-state index in [2.05, 4.69) is 47.9 Å².